The molecule has 0 fully saturated rings. The first kappa shape index (κ1) is 13.6. The van der Waals surface area contributed by atoms with Crippen LogP contribution in [0, 0.1) is 0 Å². The molecule has 2 N–H and O–H groups in total. The van der Waals surface area contributed by atoms with Crippen LogP contribution in [-0.2, 0) is 0 Å². The number of nitrogens with zero attached hydrogens (tertiary/aromatic N) is 2. The largest absolute Gasteiger partial charge is 0.416 e. The van der Waals surface area contributed by atoms with Crippen molar-refractivity contribution in [3.8, 4) is 22.9 Å². The molecule has 0 bridgehead atoms. The fourth-order valence-corrected chi connectivity index (χ4v) is 3.32. The average Bonchev–Trinajstić information content (AvgIpc) is 3.31. The first-order chi connectivity index (χ1) is 11.8. The van der Waals surface area contributed by atoms with Crippen LogP contribution in [0.15, 0.2) is 63.7 Å². The molecule has 2 aromatic carbocycles. The predicted octanol–water partition coefficient (Wildman–Crippen LogP) is 5.13. The normalized spacial score (nSPS) is 11.5. The van der Waals surface area contributed by atoms with E-state index < -0.39 is 0 Å². The number of H-pyrrole nitrogens is 2. The van der Waals surface area contributed by atoms with Crippen molar-refractivity contribution in [2.75, 3.05) is 0 Å². The lowest BCUT2D eigenvalue weighted by Crippen LogP contribution is -1.76. The van der Waals surface area contributed by atoms with Gasteiger partial charge in [-0.1, -0.05) is 34.1 Å². The van der Waals surface area contributed by atoms with Crippen molar-refractivity contribution in [1.82, 2.24) is 20.2 Å². The van der Waals surface area contributed by atoms with Gasteiger partial charge in [0.2, 0.25) is 11.8 Å². The monoisotopic (exact) mass is 378 g/mol. The van der Waals surface area contributed by atoms with Crippen LogP contribution in [0.4, 0.5) is 0 Å². The fourth-order valence-electron chi connectivity index (χ4n) is 2.96. The molecule has 5 rings (SSSR count). The van der Waals surface area contributed by atoms with Crippen molar-refractivity contribution in [1.29, 1.82) is 0 Å². The van der Waals surface area contributed by atoms with Gasteiger partial charge in [-0.05, 0) is 24.3 Å². The number of halogens is 1. The number of para-hydroxylation sites is 1. The Morgan fingerprint density at radius 3 is 2.25 bits per heavy atom. The molecule has 0 radical (unpaired) electrons. The molecule has 3 heterocycles. The summed E-state index contributed by atoms with van der Waals surface area (Å²) in [5.74, 6) is 1.01. The number of aromatic amines is 2. The molecular formula is C18H11BrN4O. The van der Waals surface area contributed by atoms with Gasteiger partial charge in [0.15, 0.2) is 0 Å². The van der Waals surface area contributed by atoms with Crippen molar-refractivity contribution in [2.45, 2.75) is 0 Å². The van der Waals surface area contributed by atoms with Crippen LogP contribution in [0.25, 0.3) is 44.7 Å². The Morgan fingerprint density at radius 2 is 1.46 bits per heavy atom. The highest BCUT2D eigenvalue weighted by molar-refractivity contribution is 9.10. The minimum absolute atomic E-state index is 0.500. The number of nitrogens with one attached hydrogen (secondary N) is 2. The summed E-state index contributed by atoms with van der Waals surface area (Å²) < 4.78 is 6.96. The van der Waals surface area contributed by atoms with Gasteiger partial charge < -0.3 is 14.4 Å². The summed E-state index contributed by atoms with van der Waals surface area (Å²) in [6.07, 6.45) is 3.79. The van der Waals surface area contributed by atoms with Crippen LogP contribution >= 0.6 is 15.9 Å². The summed E-state index contributed by atoms with van der Waals surface area (Å²) in [5, 5.41) is 10.6. The third kappa shape index (κ3) is 2.00. The highest BCUT2D eigenvalue weighted by Gasteiger charge is 2.16. The van der Waals surface area contributed by atoms with Gasteiger partial charge >= 0.3 is 0 Å². The van der Waals surface area contributed by atoms with Crippen molar-refractivity contribution in [3.05, 3.63) is 59.3 Å². The Kier molecular flexibility index (Phi) is 2.87. The average molecular weight is 379 g/mol. The molecule has 5 aromatic rings. The van der Waals surface area contributed by atoms with E-state index in [1.807, 2.05) is 54.9 Å². The molecule has 0 aliphatic carbocycles. The van der Waals surface area contributed by atoms with Gasteiger partial charge in [-0.2, -0.15) is 0 Å². The lowest BCUT2D eigenvalue weighted by Gasteiger charge is -1.95. The third-order valence-electron chi connectivity index (χ3n) is 4.12. The van der Waals surface area contributed by atoms with Gasteiger partial charge in [-0.15, -0.1) is 10.2 Å². The molecule has 0 aliphatic heterocycles. The van der Waals surface area contributed by atoms with Gasteiger partial charge in [0.25, 0.3) is 0 Å². The highest BCUT2D eigenvalue weighted by Crippen LogP contribution is 2.33. The van der Waals surface area contributed by atoms with E-state index in [4.69, 9.17) is 4.42 Å². The summed E-state index contributed by atoms with van der Waals surface area (Å²) in [5.41, 5.74) is 3.87. The maximum absolute atomic E-state index is 5.95. The lowest BCUT2D eigenvalue weighted by atomic mass is 10.2. The van der Waals surface area contributed by atoms with Crippen molar-refractivity contribution in [2.24, 2.45) is 0 Å². The smallest absolute Gasteiger partial charge is 0.250 e. The molecule has 6 heteroatoms. The van der Waals surface area contributed by atoms with E-state index >= 15 is 0 Å². The molecular weight excluding hydrogens is 368 g/mol. The molecule has 0 unspecified atom stereocenters. The van der Waals surface area contributed by atoms with Gasteiger partial charge in [0.05, 0.1) is 11.1 Å². The first-order valence-corrected chi connectivity index (χ1v) is 8.26. The van der Waals surface area contributed by atoms with Gasteiger partial charge in [0.1, 0.15) is 0 Å². The third-order valence-corrected chi connectivity index (χ3v) is 4.61. The fraction of sp³-hybridized carbons (Fsp3) is 0. The number of hydrogen-bond donors (Lipinski definition) is 2. The molecule has 3 aromatic heterocycles. The molecule has 116 valence electrons. The number of rotatable bonds is 2. The maximum atomic E-state index is 5.95. The molecule has 24 heavy (non-hydrogen) atoms. The lowest BCUT2D eigenvalue weighted by molar-refractivity contribution is 0.586. The van der Waals surface area contributed by atoms with E-state index in [0.29, 0.717) is 11.8 Å². The highest BCUT2D eigenvalue weighted by atomic mass is 79.9. The van der Waals surface area contributed by atoms with Crippen LogP contribution in [0.2, 0.25) is 0 Å². The van der Waals surface area contributed by atoms with Crippen LogP contribution < -0.4 is 0 Å². The molecule has 0 saturated carbocycles. The van der Waals surface area contributed by atoms with E-state index in [-0.39, 0.29) is 0 Å². The first-order valence-electron chi connectivity index (χ1n) is 7.46. The van der Waals surface area contributed by atoms with E-state index in [2.05, 4.69) is 36.1 Å². The van der Waals surface area contributed by atoms with E-state index in [0.717, 1.165) is 37.4 Å². The SMILES string of the molecule is Brc1ccc2[nH]cc(-c3nnc(-c4c[nH]c5ccccc45)o3)c2c1. The Bertz CT molecular complexity index is 1180. The number of fused-ring (bicyclic) bond motifs is 2. The summed E-state index contributed by atoms with van der Waals surface area (Å²) in [6, 6.07) is 14.1. The van der Waals surface area contributed by atoms with Crippen LogP contribution in [-0.4, -0.2) is 20.2 Å². The van der Waals surface area contributed by atoms with Gasteiger partial charge in [-0.25, -0.2) is 0 Å². The second-order valence-electron chi connectivity index (χ2n) is 5.55. The summed E-state index contributed by atoms with van der Waals surface area (Å²) >= 11 is 3.50. The van der Waals surface area contributed by atoms with Crippen LogP contribution in [0.1, 0.15) is 0 Å². The summed E-state index contributed by atoms with van der Waals surface area (Å²) in [7, 11) is 0. The molecule has 0 amide bonds. The van der Waals surface area contributed by atoms with E-state index in [1.54, 1.807) is 0 Å². The Labute approximate surface area is 144 Å². The van der Waals surface area contributed by atoms with Crippen molar-refractivity contribution in [3.63, 3.8) is 0 Å². The molecule has 0 spiro atoms. The predicted molar refractivity (Wildman–Crippen MR) is 96.6 cm³/mol. The molecule has 0 atom stereocenters. The van der Waals surface area contributed by atoms with Crippen LogP contribution in [0.5, 0.6) is 0 Å². The molecule has 0 aliphatic rings. The second kappa shape index (κ2) is 5.07. The standard InChI is InChI=1S/C18H11BrN4O/c19-10-5-6-16-12(7-10)14(9-21-16)18-23-22-17(24-18)13-8-20-15-4-2-1-3-11(13)15/h1-9,20-21H. The van der Waals surface area contributed by atoms with Crippen molar-refractivity contribution < 1.29 is 4.42 Å². The summed E-state index contributed by atoms with van der Waals surface area (Å²) in [4.78, 5) is 6.46. The minimum Gasteiger partial charge on any atom is -0.416 e. The molecule has 0 saturated heterocycles. The minimum atomic E-state index is 0.500. The number of benzene rings is 2. The van der Waals surface area contributed by atoms with Gasteiger partial charge in [0, 0.05) is 38.7 Å². The quantitative estimate of drug-likeness (QED) is 0.447. The van der Waals surface area contributed by atoms with Crippen LogP contribution in [0.3, 0.4) is 0 Å². The summed E-state index contributed by atoms with van der Waals surface area (Å²) in [6.45, 7) is 0. The Morgan fingerprint density at radius 1 is 0.792 bits per heavy atom. The maximum Gasteiger partial charge on any atom is 0.250 e. The zero-order valence-corrected chi connectivity index (χ0v) is 14.0. The van der Waals surface area contributed by atoms with E-state index in [9.17, 15) is 0 Å². The zero-order valence-electron chi connectivity index (χ0n) is 12.4. The number of hydrogen-bond acceptors (Lipinski definition) is 3. The Hall–Kier alpha value is -2.86. The topological polar surface area (TPSA) is 70.5 Å². The Balaban J connectivity index is 1.65. The van der Waals surface area contributed by atoms with E-state index in [1.165, 1.54) is 0 Å². The second-order valence-corrected chi connectivity index (χ2v) is 6.47. The number of aromatic nitrogens is 4. The van der Waals surface area contributed by atoms with Crippen molar-refractivity contribution >= 4 is 37.7 Å². The molecule has 5 nitrogen and oxygen atoms in total. The zero-order chi connectivity index (χ0) is 16.1. The van der Waals surface area contributed by atoms with Gasteiger partial charge in [-0.3, -0.25) is 0 Å².